The molecular weight excluding hydrogens is 184 g/mol. The first kappa shape index (κ1) is 11.4. The molecule has 2 atom stereocenters. The number of hydrogen-bond donors (Lipinski definition) is 2. The number of hydrogen-bond acceptors (Lipinski definition) is 2. The lowest BCUT2D eigenvalue weighted by Gasteiger charge is -2.43. The highest BCUT2D eigenvalue weighted by molar-refractivity contribution is 4.95. The van der Waals surface area contributed by atoms with E-state index in [1.165, 1.54) is 57.9 Å². The Labute approximate surface area is 94.0 Å². The lowest BCUT2D eigenvalue weighted by Crippen LogP contribution is -2.52. The molecule has 88 valence electrons. The van der Waals surface area contributed by atoms with Crippen molar-refractivity contribution < 1.29 is 0 Å². The van der Waals surface area contributed by atoms with Crippen LogP contribution in [-0.2, 0) is 0 Å². The van der Waals surface area contributed by atoms with Crippen molar-refractivity contribution in [2.45, 2.75) is 69.9 Å². The molecule has 0 amide bonds. The Hall–Kier alpha value is -0.0800. The third kappa shape index (κ3) is 2.73. The van der Waals surface area contributed by atoms with E-state index in [-0.39, 0.29) is 0 Å². The predicted octanol–water partition coefficient (Wildman–Crippen LogP) is 2.43. The summed E-state index contributed by atoms with van der Waals surface area (Å²) in [6.45, 7) is 3.53. The van der Waals surface area contributed by atoms with E-state index in [0.717, 1.165) is 5.92 Å². The monoisotopic (exact) mass is 210 g/mol. The van der Waals surface area contributed by atoms with Crippen molar-refractivity contribution in [3.05, 3.63) is 0 Å². The molecule has 0 radical (unpaired) electrons. The van der Waals surface area contributed by atoms with Gasteiger partial charge in [0.2, 0.25) is 0 Å². The standard InChI is InChI=1S/C13H26N2/c1-2-13(7-4-8-13)15-10-11-5-3-6-12(14)9-11/h11-12,15H,2-10,14H2,1H3. The molecule has 0 aromatic heterocycles. The first-order chi connectivity index (χ1) is 7.24. The molecule has 2 heteroatoms. The molecule has 0 aromatic carbocycles. The molecular formula is C13H26N2. The van der Waals surface area contributed by atoms with Gasteiger partial charge in [0.15, 0.2) is 0 Å². The molecule has 2 aliphatic rings. The molecule has 2 rings (SSSR count). The minimum absolute atomic E-state index is 0.476. The smallest absolute Gasteiger partial charge is 0.0179 e. The molecule has 0 bridgehead atoms. The van der Waals surface area contributed by atoms with E-state index in [4.69, 9.17) is 5.73 Å². The number of nitrogens with one attached hydrogen (secondary N) is 1. The van der Waals surface area contributed by atoms with Gasteiger partial charge in [-0.15, -0.1) is 0 Å². The van der Waals surface area contributed by atoms with Crippen molar-refractivity contribution in [2.75, 3.05) is 6.54 Å². The Bertz CT molecular complexity index is 193. The summed E-state index contributed by atoms with van der Waals surface area (Å²) in [5.74, 6) is 0.845. The molecule has 0 spiro atoms. The second-order valence-electron chi connectivity index (χ2n) is 5.66. The van der Waals surface area contributed by atoms with Crippen molar-refractivity contribution in [2.24, 2.45) is 11.7 Å². The first-order valence-corrected chi connectivity index (χ1v) is 6.75. The van der Waals surface area contributed by atoms with Gasteiger partial charge >= 0.3 is 0 Å². The van der Waals surface area contributed by atoms with Crippen molar-refractivity contribution in [3.63, 3.8) is 0 Å². The summed E-state index contributed by atoms with van der Waals surface area (Å²) in [7, 11) is 0. The fourth-order valence-corrected chi connectivity index (χ4v) is 3.14. The van der Waals surface area contributed by atoms with Crippen molar-refractivity contribution >= 4 is 0 Å². The second-order valence-corrected chi connectivity index (χ2v) is 5.66. The maximum atomic E-state index is 6.02. The number of nitrogens with two attached hydrogens (primary N) is 1. The van der Waals surface area contributed by atoms with Crippen LogP contribution in [0.4, 0.5) is 0 Å². The van der Waals surface area contributed by atoms with E-state index in [9.17, 15) is 0 Å². The fourth-order valence-electron chi connectivity index (χ4n) is 3.14. The molecule has 2 unspecified atom stereocenters. The van der Waals surface area contributed by atoms with Gasteiger partial charge in [0.25, 0.3) is 0 Å². The average Bonchev–Trinajstić information content (AvgIpc) is 2.17. The SMILES string of the molecule is CCC1(NCC2CCCC(N)C2)CCC1. The summed E-state index contributed by atoms with van der Waals surface area (Å²) in [5.41, 5.74) is 6.53. The summed E-state index contributed by atoms with van der Waals surface area (Å²) in [6, 6.07) is 0.476. The Morgan fingerprint density at radius 1 is 1.27 bits per heavy atom. The van der Waals surface area contributed by atoms with Gasteiger partial charge in [0, 0.05) is 11.6 Å². The van der Waals surface area contributed by atoms with Crippen LogP contribution in [0.25, 0.3) is 0 Å². The van der Waals surface area contributed by atoms with Crippen LogP contribution in [0.2, 0.25) is 0 Å². The van der Waals surface area contributed by atoms with Gasteiger partial charge in [-0.2, -0.15) is 0 Å². The van der Waals surface area contributed by atoms with Crippen LogP contribution in [0.1, 0.15) is 58.3 Å². The Balaban J connectivity index is 1.72. The first-order valence-electron chi connectivity index (χ1n) is 6.75. The van der Waals surface area contributed by atoms with Gasteiger partial charge in [-0.05, 0) is 57.4 Å². The van der Waals surface area contributed by atoms with E-state index in [1.807, 2.05) is 0 Å². The Morgan fingerprint density at radius 3 is 2.60 bits per heavy atom. The zero-order chi connectivity index (χ0) is 10.7. The van der Waals surface area contributed by atoms with Crippen molar-refractivity contribution in [3.8, 4) is 0 Å². The molecule has 2 aliphatic carbocycles. The summed E-state index contributed by atoms with van der Waals surface area (Å²) < 4.78 is 0. The third-order valence-electron chi connectivity index (χ3n) is 4.58. The second kappa shape index (κ2) is 4.84. The Morgan fingerprint density at radius 2 is 2.07 bits per heavy atom. The number of rotatable bonds is 4. The van der Waals surface area contributed by atoms with E-state index < -0.39 is 0 Å². The minimum Gasteiger partial charge on any atom is -0.328 e. The van der Waals surface area contributed by atoms with Crippen molar-refractivity contribution in [1.82, 2.24) is 5.32 Å². The van der Waals surface area contributed by atoms with Crippen LogP contribution >= 0.6 is 0 Å². The topological polar surface area (TPSA) is 38.0 Å². The van der Waals surface area contributed by atoms with Gasteiger partial charge in [-0.25, -0.2) is 0 Å². The van der Waals surface area contributed by atoms with E-state index in [1.54, 1.807) is 0 Å². The summed E-state index contributed by atoms with van der Waals surface area (Å²) in [6.07, 6.45) is 10.7. The molecule has 2 saturated carbocycles. The highest BCUT2D eigenvalue weighted by Gasteiger charge is 2.35. The predicted molar refractivity (Wildman–Crippen MR) is 64.8 cm³/mol. The van der Waals surface area contributed by atoms with Gasteiger partial charge in [0.05, 0.1) is 0 Å². The minimum atomic E-state index is 0.476. The maximum absolute atomic E-state index is 6.02. The van der Waals surface area contributed by atoms with Crippen LogP contribution in [-0.4, -0.2) is 18.1 Å². The lowest BCUT2D eigenvalue weighted by molar-refractivity contribution is 0.159. The Kier molecular flexibility index (Phi) is 3.68. The summed E-state index contributed by atoms with van der Waals surface area (Å²) >= 11 is 0. The van der Waals surface area contributed by atoms with Gasteiger partial charge in [0.1, 0.15) is 0 Å². The van der Waals surface area contributed by atoms with Crippen LogP contribution < -0.4 is 11.1 Å². The molecule has 0 saturated heterocycles. The molecule has 0 aromatic rings. The molecule has 2 fully saturated rings. The van der Waals surface area contributed by atoms with Crippen LogP contribution in [0.15, 0.2) is 0 Å². The zero-order valence-electron chi connectivity index (χ0n) is 10.1. The third-order valence-corrected chi connectivity index (χ3v) is 4.58. The van der Waals surface area contributed by atoms with E-state index in [2.05, 4.69) is 12.2 Å². The van der Waals surface area contributed by atoms with Gasteiger partial charge in [-0.1, -0.05) is 13.3 Å². The molecule has 2 nitrogen and oxygen atoms in total. The summed E-state index contributed by atoms with van der Waals surface area (Å²) in [4.78, 5) is 0. The normalized spacial score (nSPS) is 34.8. The highest BCUT2D eigenvalue weighted by Crippen LogP contribution is 2.35. The summed E-state index contributed by atoms with van der Waals surface area (Å²) in [5, 5.41) is 3.82. The van der Waals surface area contributed by atoms with E-state index >= 15 is 0 Å². The van der Waals surface area contributed by atoms with Crippen LogP contribution in [0, 0.1) is 5.92 Å². The van der Waals surface area contributed by atoms with Gasteiger partial charge < -0.3 is 11.1 Å². The molecule has 15 heavy (non-hydrogen) atoms. The molecule has 0 heterocycles. The lowest BCUT2D eigenvalue weighted by atomic mass is 9.74. The highest BCUT2D eigenvalue weighted by atomic mass is 15.0. The average molecular weight is 210 g/mol. The zero-order valence-corrected chi connectivity index (χ0v) is 10.1. The maximum Gasteiger partial charge on any atom is 0.0179 e. The molecule has 0 aliphatic heterocycles. The van der Waals surface area contributed by atoms with Crippen molar-refractivity contribution in [1.29, 1.82) is 0 Å². The fraction of sp³-hybridized carbons (Fsp3) is 1.00. The van der Waals surface area contributed by atoms with Gasteiger partial charge in [-0.3, -0.25) is 0 Å². The van der Waals surface area contributed by atoms with Crippen LogP contribution in [0.5, 0.6) is 0 Å². The largest absolute Gasteiger partial charge is 0.328 e. The molecule has 3 N–H and O–H groups in total. The van der Waals surface area contributed by atoms with E-state index in [0.29, 0.717) is 11.6 Å². The quantitative estimate of drug-likeness (QED) is 0.748. The van der Waals surface area contributed by atoms with Crippen LogP contribution in [0.3, 0.4) is 0 Å².